The van der Waals surface area contributed by atoms with Gasteiger partial charge in [0, 0.05) is 30.2 Å². The largest absolute Gasteiger partial charge is 0.465 e. The van der Waals surface area contributed by atoms with Crippen LogP contribution in [0.25, 0.3) is 0 Å². The zero-order valence-electron chi connectivity index (χ0n) is 13.8. The lowest BCUT2D eigenvalue weighted by Crippen LogP contribution is -2.30. The molecule has 8 nitrogen and oxygen atoms in total. The van der Waals surface area contributed by atoms with E-state index in [1.54, 1.807) is 6.92 Å². The van der Waals surface area contributed by atoms with Crippen LogP contribution in [0.3, 0.4) is 0 Å². The number of aromatic nitrogens is 1. The van der Waals surface area contributed by atoms with Crippen LogP contribution in [0.1, 0.15) is 12.0 Å². The first-order valence-electron chi connectivity index (χ1n) is 7.72. The molecule has 3 rings (SSSR count). The Morgan fingerprint density at radius 3 is 2.85 bits per heavy atom. The molecule has 26 heavy (non-hydrogen) atoms. The fourth-order valence-corrected chi connectivity index (χ4v) is 4.45. The topological polar surface area (TPSA) is 112 Å². The van der Waals surface area contributed by atoms with Gasteiger partial charge in [-0.1, -0.05) is 0 Å². The van der Waals surface area contributed by atoms with Crippen molar-refractivity contribution in [3.63, 3.8) is 0 Å². The Bertz CT molecular complexity index is 918. The average Bonchev–Trinajstić information content (AvgIpc) is 3.21. The minimum absolute atomic E-state index is 0.133. The molecule has 140 valence electrons. The third-order valence-corrected chi connectivity index (χ3v) is 6.01. The van der Waals surface area contributed by atoms with Crippen molar-refractivity contribution in [2.75, 3.05) is 23.1 Å². The Morgan fingerprint density at radius 1 is 1.46 bits per heavy atom. The van der Waals surface area contributed by atoms with Crippen molar-refractivity contribution in [2.45, 2.75) is 24.3 Å². The maximum Gasteiger partial charge on any atom is 0.407 e. The van der Waals surface area contributed by atoms with E-state index < -0.39 is 26.8 Å². The molecule has 1 aliphatic rings. The molecule has 1 aromatic carbocycles. The maximum absolute atomic E-state index is 14.5. The normalized spacial score (nSPS) is 17.3. The van der Waals surface area contributed by atoms with E-state index in [1.807, 2.05) is 0 Å². The predicted molar refractivity (Wildman–Crippen MR) is 95.7 cm³/mol. The summed E-state index contributed by atoms with van der Waals surface area (Å²) in [6.45, 7) is 2.36. The highest BCUT2D eigenvalue weighted by Crippen LogP contribution is 2.27. The Labute approximate surface area is 153 Å². The summed E-state index contributed by atoms with van der Waals surface area (Å²) < 4.78 is 41.4. The van der Waals surface area contributed by atoms with Gasteiger partial charge in [0.05, 0.1) is 5.51 Å². The highest BCUT2D eigenvalue weighted by molar-refractivity contribution is 7.92. The third-order valence-electron chi connectivity index (χ3n) is 4.06. The van der Waals surface area contributed by atoms with Gasteiger partial charge in [-0.3, -0.25) is 4.72 Å². The zero-order chi connectivity index (χ0) is 18.9. The molecular formula is C15H17FN4O4S2. The number of rotatable bonds is 5. The first-order valence-corrected chi connectivity index (χ1v) is 10.1. The van der Waals surface area contributed by atoms with Crippen molar-refractivity contribution in [1.29, 1.82) is 0 Å². The molecular weight excluding hydrogens is 383 g/mol. The number of likely N-dealkylation sites (tertiary alicyclic amines) is 1. The summed E-state index contributed by atoms with van der Waals surface area (Å²) in [6.07, 6.45) is -0.398. The Hall–Kier alpha value is -2.40. The zero-order valence-corrected chi connectivity index (χ0v) is 15.4. The smallest absolute Gasteiger partial charge is 0.407 e. The molecule has 1 saturated heterocycles. The number of carbonyl (C=O) groups is 1. The summed E-state index contributed by atoms with van der Waals surface area (Å²) >= 11 is 1.22. The second kappa shape index (κ2) is 7.08. The Kier molecular flexibility index (Phi) is 5.01. The van der Waals surface area contributed by atoms with E-state index in [9.17, 15) is 17.6 Å². The van der Waals surface area contributed by atoms with Gasteiger partial charge in [0.1, 0.15) is 10.7 Å². The highest BCUT2D eigenvalue weighted by Gasteiger charge is 2.27. The number of hydrogen-bond acceptors (Lipinski definition) is 6. The summed E-state index contributed by atoms with van der Waals surface area (Å²) in [5, 5.41) is 13.6. The first-order chi connectivity index (χ1) is 12.3. The highest BCUT2D eigenvalue weighted by atomic mass is 32.2. The minimum atomic E-state index is -4.09. The lowest BCUT2D eigenvalue weighted by atomic mass is 10.1. The molecule has 1 fully saturated rings. The van der Waals surface area contributed by atoms with Gasteiger partial charge in [-0.15, -0.1) is 11.3 Å². The van der Waals surface area contributed by atoms with Crippen LogP contribution >= 0.6 is 11.3 Å². The van der Waals surface area contributed by atoms with Gasteiger partial charge in [-0.25, -0.2) is 22.6 Å². The Balaban J connectivity index is 1.79. The van der Waals surface area contributed by atoms with Crippen molar-refractivity contribution in [2.24, 2.45) is 0 Å². The van der Waals surface area contributed by atoms with Crippen LogP contribution in [0.5, 0.6) is 0 Å². The van der Waals surface area contributed by atoms with Crippen molar-refractivity contribution in [1.82, 2.24) is 9.88 Å². The SMILES string of the molecule is Cc1cc(S(=O)(=O)Nc2cscn2)c(F)cc1NC1CCN(C(=O)O)C1. The van der Waals surface area contributed by atoms with E-state index in [0.29, 0.717) is 30.8 Å². The molecule has 3 N–H and O–H groups in total. The number of halogens is 1. The fourth-order valence-electron chi connectivity index (χ4n) is 2.74. The molecule has 1 atom stereocenters. The molecule has 2 aromatic rings. The fraction of sp³-hybridized carbons (Fsp3) is 0.333. The van der Waals surface area contributed by atoms with E-state index >= 15 is 0 Å². The molecule has 2 heterocycles. The summed E-state index contributed by atoms with van der Waals surface area (Å²) in [7, 11) is -4.09. The van der Waals surface area contributed by atoms with Crippen LogP contribution in [0.2, 0.25) is 0 Å². The van der Waals surface area contributed by atoms with Crippen LogP contribution in [0.4, 0.5) is 20.7 Å². The van der Waals surface area contributed by atoms with E-state index in [1.165, 1.54) is 33.2 Å². The van der Waals surface area contributed by atoms with Crippen molar-refractivity contribution < 1.29 is 22.7 Å². The number of nitrogens with zero attached hydrogens (tertiary/aromatic N) is 2. The van der Waals surface area contributed by atoms with Gasteiger partial charge in [0.2, 0.25) is 0 Å². The van der Waals surface area contributed by atoms with E-state index in [0.717, 1.165) is 6.07 Å². The van der Waals surface area contributed by atoms with Crippen molar-refractivity contribution in [3.05, 3.63) is 34.4 Å². The number of amides is 1. The van der Waals surface area contributed by atoms with E-state index in [2.05, 4.69) is 15.0 Å². The van der Waals surface area contributed by atoms with Gasteiger partial charge in [-0.2, -0.15) is 0 Å². The second-order valence-corrected chi connectivity index (χ2v) is 8.30. The van der Waals surface area contributed by atoms with Crippen LogP contribution < -0.4 is 10.0 Å². The summed E-state index contributed by atoms with van der Waals surface area (Å²) in [4.78, 5) is 15.6. The van der Waals surface area contributed by atoms with Gasteiger partial charge in [-0.05, 0) is 31.0 Å². The molecule has 0 radical (unpaired) electrons. The average molecular weight is 400 g/mol. The number of sulfonamides is 1. The second-order valence-electron chi connectivity index (χ2n) is 5.94. The number of nitrogens with one attached hydrogen (secondary N) is 2. The van der Waals surface area contributed by atoms with E-state index in [4.69, 9.17) is 5.11 Å². The number of aryl methyl sites for hydroxylation is 1. The monoisotopic (exact) mass is 400 g/mol. The predicted octanol–water partition coefficient (Wildman–Crippen LogP) is 2.56. The van der Waals surface area contributed by atoms with E-state index in [-0.39, 0.29) is 11.9 Å². The van der Waals surface area contributed by atoms with Crippen molar-refractivity contribution in [3.8, 4) is 0 Å². The van der Waals surface area contributed by atoms with Gasteiger partial charge < -0.3 is 15.3 Å². The van der Waals surface area contributed by atoms with Crippen LogP contribution in [0.15, 0.2) is 27.9 Å². The number of thiazole rings is 1. The van der Waals surface area contributed by atoms with Gasteiger partial charge >= 0.3 is 6.09 Å². The molecule has 0 aliphatic carbocycles. The van der Waals surface area contributed by atoms with Gasteiger partial charge in [0.15, 0.2) is 5.82 Å². The molecule has 1 aliphatic heterocycles. The lowest BCUT2D eigenvalue weighted by molar-refractivity contribution is 0.155. The summed E-state index contributed by atoms with van der Waals surface area (Å²) in [5.74, 6) is -0.761. The maximum atomic E-state index is 14.5. The number of anilines is 2. The minimum Gasteiger partial charge on any atom is -0.465 e. The Morgan fingerprint density at radius 2 is 2.23 bits per heavy atom. The molecule has 11 heteroatoms. The molecule has 1 aromatic heterocycles. The number of benzene rings is 1. The van der Waals surface area contributed by atoms with Crippen LogP contribution in [-0.4, -0.2) is 48.6 Å². The lowest BCUT2D eigenvalue weighted by Gasteiger charge is -2.18. The van der Waals surface area contributed by atoms with Crippen LogP contribution in [-0.2, 0) is 10.0 Å². The van der Waals surface area contributed by atoms with Crippen molar-refractivity contribution >= 4 is 39.0 Å². The molecule has 1 unspecified atom stereocenters. The number of hydrogen-bond donors (Lipinski definition) is 3. The van der Waals surface area contributed by atoms with Gasteiger partial charge in [0.25, 0.3) is 10.0 Å². The quantitative estimate of drug-likeness (QED) is 0.711. The molecule has 1 amide bonds. The molecule has 0 bridgehead atoms. The number of carboxylic acid groups (broad SMARTS) is 1. The standard InChI is InChI=1S/C15H17FN4O4S2/c1-9-4-13(26(23,24)19-14-7-25-8-17-14)11(16)5-12(9)18-10-2-3-20(6-10)15(21)22/h4-5,7-8,10,18-19H,2-3,6H2,1H3,(H,21,22). The molecule has 0 saturated carbocycles. The molecule has 0 spiro atoms. The summed E-state index contributed by atoms with van der Waals surface area (Å²) in [6, 6.07) is 2.21. The third kappa shape index (κ3) is 3.88. The first kappa shape index (κ1) is 18.4. The van der Waals surface area contributed by atoms with Crippen LogP contribution in [0, 0.1) is 12.7 Å². The summed E-state index contributed by atoms with van der Waals surface area (Å²) in [5.41, 5.74) is 2.44.